The third-order valence-electron chi connectivity index (χ3n) is 2.94. The highest BCUT2D eigenvalue weighted by Crippen LogP contribution is 2.12. The van der Waals surface area contributed by atoms with E-state index in [-0.39, 0.29) is 0 Å². The molecule has 114 valence electrons. The Morgan fingerprint density at radius 2 is 1.68 bits per heavy atom. The molecular formula is C16H17N3O2S. The van der Waals surface area contributed by atoms with Crippen LogP contribution in [0.3, 0.4) is 0 Å². The number of rotatable bonds is 6. The number of nitrogens with one attached hydrogen (secondary N) is 2. The van der Waals surface area contributed by atoms with Crippen LogP contribution < -0.4 is 10.0 Å². The summed E-state index contributed by atoms with van der Waals surface area (Å²) in [5, 5.41) is 12.1. The van der Waals surface area contributed by atoms with Gasteiger partial charge in [-0.05, 0) is 35.4 Å². The largest absolute Gasteiger partial charge is 0.309 e. The number of hydrogen-bond donors (Lipinski definition) is 2. The molecule has 0 bridgehead atoms. The maximum atomic E-state index is 11.2. The van der Waals surface area contributed by atoms with Crippen LogP contribution in [-0.2, 0) is 23.1 Å². The molecule has 6 heteroatoms. The summed E-state index contributed by atoms with van der Waals surface area (Å²) in [5.74, 6) is 0. The van der Waals surface area contributed by atoms with Crippen molar-refractivity contribution >= 4 is 15.7 Å². The van der Waals surface area contributed by atoms with Gasteiger partial charge < -0.3 is 5.32 Å². The van der Waals surface area contributed by atoms with Gasteiger partial charge in [0.1, 0.15) is 0 Å². The standard InChI is InChI=1S/C16H17N3O2S/c1-22(20,21)19-16-7-3-6-15(9-16)12-18-11-14-5-2-4-13(8-14)10-17/h2-9,18-19H,11-12H2,1H3. The monoisotopic (exact) mass is 315 g/mol. The molecule has 0 saturated heterocycles. The second-order valence-electron chi connectivity index (χ2n) is 4.99. The van der Waals surface area contributed by atoms with Gasteiger partial charge in [-0.3, -0.25) is 4.72 Å². The van der Waals surface area contributed by atoms with E-state index in [0.717, 1.165) is 17.4 Å². The van der Waals surface area contributed by atoms with Crippen LogP contribution in [0, 0.1) is 11.3 Å². The van der Waals surface area contributed by atoms with Crippen molar-refractivity contribution in [3.8, 4) is 6.07 Å². The Bertz CT molecular complexity index is 795. The Kier molecular flexibility index (Phi) is 5.15. The summed E-state index contributed by atoms with van der Waals surface area (Å²) in [7, 11) is -3.27. The molecule has 0 saturated carbocycles. The van der Waals surface area contributed by atoms with E-state index < -0.39 is 10.0 Å². The van der Waals surface area contributed by atoms with Crippen LogP contribution in [0.5, 0.6) is 0 Å². The van der Waals surface area contributed by atoms with Crippen LogP contribution in [0.4, 0.5) is 5.69 Å². The average Bonchev–Trinajstić information content (AvgIpc) is 2.46. The van der Waals surface area contributed by atoms with E-state index in [1.54, 1.807) is 24.3 Å². The number of anilines is 1. The summed E-state index contributed by atoms with van der Waals surface area (Å²) >= 11 is 0. The van der Waals surface area contributed by atoms with E-state index in [1.165, 1.54) is 0 Å². The summed E-state index contributed by atoms with van der Waals surface area (Å²) in [5.41, 5.74) is 3.20. The van der Waals surface area contributed by atoms with Crippen molar-refractivity contribution in [1.29, 1.82) is 5.26 Å². The maximum Gasteiger partial charge on any atom is 0.229 e. The average molecular weight is 315 g/mol. The lowest BCUT2D eigenvalue weighted by Crippen LogP contribution is -2.13. The lowest BCUT2D eigenvalue weighted by molar-refractivity contribution is 0.607. The molecule has 0 radical (unpaired) electrons. The highest BCUT2D eigenvalue weighted by molar-refractivity contribution is 7.92. The van der Waals surface area contributed by atoms with Gasteiger partial charge in [0.25, 0.3) is 0 Å². The summed E-state index contributed by atoms with van der Waals surface area (Å²) < 4.78 is 24.9. The van der Waals surface area contributed by atoms with Gasteiger partial charge in [0.15, 0.2) is 0 Å². The smallest absolute Gasteiger partial charge is 0.229 e. The molecule has 0 aromatic heterocycles. The molecular weight excluding hydrogens is 298 g/mol. The molecule has 0 fully saturated rings. The zero-order chi connectivity index (χ0) is 16.0. The molecule has 0 aliphatic carbocycles. The number of benzene rings is 2. The maximum absolute atomic E-state index is 11.2. The molecule has 2 aromatic rings. The molecule has 0 heterocycles. The Balaban J connectivity index is 1.94. The van der Waals surface area contributed by atoms with Gasteiger partial charge in [-0.1, -0.05) is 24.3 Å². The van der Waals surface area contributed by atoms with Crippen molar-refractivity contribution in [2.75, 3.05) is 11.0 Å². The van der Waals surface area contributed by atoms with E-state index in [9.17, 15) is 8.42 Å². The zero-order valence-corrected chi connectivity index (χ0v) is 13.0. The fourth-order valence-corrected chi connectivity index (χ4v) is 2.62. The third kappa shape index (κ3) is 5.20. The van der Waals surface area contributed by atoms with Crippen LogP contribution in [0.25, 0.3) is 0 Å². The van der Waals surface area contributed by atoms with E-state index in [0.29, 0.717) is 24.3 Å². The Morgan fingerprint density at radius 1 is 1.05 bits per heavy atom. The first-order valence-electron chi connectivity index (χ1n) is 6.73. The molecule has 5 nitrogen and oxygen atoms in total. The molecule has 2 rings (SSSR count). The second-order valence-corrected chi connectivity index (χ2v) is 6.74. The van der Waals surface area contributed by atoms with Gasteiger partial charge in [-0.15, -0.1) is 0 Å². The van der Waals surface area contributed by atoms with Crippen LogP contribution in [0.15, 0.2) is 48.5 Å². The van der Waals surface area contributed by atoms with Crippen LogP contribution >= 0.6 is 0 Å². The minimum atomic E-state index is -3.27. The van der Waals surface area contributed by atoms with E-state index in [4.69, 9.17) is 5.26 Å². The first-order valence-corrected chi connectivity index (χ1v) is 8.62. The van der Waals surface area contributed by atoms with Crippen molar-refractivity contribution in [2.24, 2.45) is 0 Å². The van der Waals surface area contributed by atoms with Crippen molar-refractivity contribution in [2.45, 2.75) is 13.1 Å². The fraction of sp³-hybridized carbons (Fsp3) is 0.188. The SMILES string of the molecule is CS(=O)(=O)Nc1cccc(CNCc2cccc(C#N)c2)c1. The summed E-state index contributed by atoms with van der Waals surface area (Å²) in [6.45, 7) is 1.25. The van der Waals surface area contributed by atoms with Crippen LogP contribution in [-0.4, -0.2) is 14.7 Å². The highest BCUT2D eigenvalue weighted by Gasteiger charge is 2.02. The topological polar surface area (TPSA) is 82.0 Å². The molecule has 0 atom stereocenters. The van der Waals surface area contributed by atoms with Gasteiger partial charge in [-0.25, -0.2) is 8.42 Å². The number of nitriles is 1. The predicted molar refractivity (Wildman–Crippen MR) is 86.6 cm³/mol. The summed E-state index contributed by atoms with van der Waals surface area (Å²) in [6, 6.07) is 16.8. The fourth-order valence-electron chi connectivity index (χ4n) is 2.06. The number of hydrogen-bond acceptors (Lipinski definition) is 4. The molecule has 0 amide bonds. The number of sulfonamides is 1. The van der Waals surface area contributed by atoms with E-state index >= 15 is 0 Å². The second kappa shape index (κ2) is 7.07. The van der Waals surface area contributed by atoms with Gasteiger partial charge in [0, 0.05) is 18.8 Å². The van der Waals surface area contributed by atoms with E-state index in [2.05, 4.69) is 16.1 Å². The van der Waals surface area contributed by atoms with Crippen molar-refractivity contribution < 1.29 is 8.42 Å². The first kappa shape index (κ1) is 16.0. The van der Waals surface area contributed by atoms with Gasteiger partial charge in [0.2, 0.25) is 10.0 Å². The quantitative estimate of drug-likeness (QED) is 0.856. The molecule has 0 aliphatic rings. The summed E-state index contributed by atoms with van der Waals surface area (Å²) in [6.07, 6.45) is 1.13. The van der Waals surface area contributed by atoms with Crippen molar-refractivity contribution in [3.63, 3.8) is 0 Å². The number of nitrogens with zero attached hydrogens (tertiary/aromatic N) is 1. The van der Waals surface area contributed by atoms with Gasteiger partial charge in [-0.2, -0.15) is 5.26 Å². The minimum absolute atomic E-state index is 0.549. The van der Waals surface area contributed by atoms with Crippen molar-refractivity contribution in [1.82, 2.24) is 5.32 Å². The first-order chi connectivity index (χ1) is 10.5. The van der Waals surface area contributed by atoms with Crippen molar-refractivity contribution in [3.05, 3.63) is 65.2 Å². The Labute approximate surface area is 130 Å². The Hall–Kier alpha value is -2.36. The molecule has 2 aromatic carbocycles. The molecule has 22 heavy (non-hydrogen) atoms. The normalized spacial score (nSPS) is 10.9. The lowest BCUT2D eigenvalue weighted by Gasteiger charge is -2.08. The highest BCUT2D eigenvalue weighted by atomic mass is 32.2. The van der Waals surface area contributed by atoms with Crippen LogP contribution in [0.2, 0.25) is 0 Å². The summed E-state index contributed by atoms with van der Waals surface area (Å²) in [4.78, 5) is 0. The third-order valence-corrected chi connectivity index (χ3v) is 3.55. The molecule has 0 spiro atoms. The minimum Gasteiger partial charge on any atom is -0.309 e. The lowest BCUT2D eigenvalue weighted by atomic mass is 10.1. The zero-order valence-electron chi connectivity index (χ0n) is 12.2. The van der Waals surface area contributed by atoms with Gasteiger partial charge in [0.05, 0.1) is 17.9 Å². The van der Waals surface area contributed by atoms with Crippen LogP contribution in [0.1, 0.15) is 16.7 Å². The van der Waals surface area contributed by atoms with Gasteiger partial charge >= 0.3 is 0 Å². The molecule has 0 aliphatic heterocycles. The predicted octanol–water partition coefficient (Wildman–Crippen LogP) is 2.22. The van der Waals surface area contributed by atoms with E-state index in [1.807, 2.05) is 24.3 Å². The molecule has 0 unspecified atom stereocenters. The Morgan fingerprint density at radius 3 is 2.32 bits per heavy atom. The molecule has 2 N–H and O–H groups in total.